The molecule has 6 nitrogen and oxygen atoms in total. The van der Waals surface area contributed by atoms with Crippen LogP contribution in [0.1, 0.15) is 25.3 Å². The third kappa shape index (κ3) is 6.96. The summed E-state index contributed by atoms with van der Waals surface area (Å²) >= 11 is 6.45. The highest BCUT2D eigenvalue weighted by molar-refractivity contribution is 6.76. The van der Waals surface area contributed by atoms with Crippen molar-refractivity contribution in [1.29, 1.82) is 0 Å². The average molecular weight is 551 g/mol. The van der Waals surface area contributed by atoms with Crippen molar-refractivity contribution in [1.82, 2.24) is 9.55 Å². The molecule has 1 saturated heterocycles. The van der Waals surface area contributed by atoms with E-state index in [9.17, 15) is 13.6 Å². The van der Waals surface area contributed by atoms with Gasteiger partial charge in [0.05, 0.1) is 23.6 Å². The summed E-state index contributed by atoms with van der Waals surface area (Å²) in [7, 11) is -1.22. The van der Waals surface area contributed by atoms with Crippen LogP contribution in [0.15, 0.2) is 30.6 Å². The molecule has 0 saturated carbocycles. The Morgan fingerprint density at radius 3 is 2.57 bits per heavy atom. The van der Waals surface area contributed by atoms with E-state index in [1.54, 1.807) is 10.8 Å². The lowest BCUT2D eigenvalue weighted by molar-refractivity contribution is -0.125. The van der Waals surface area contributed by atoms with Crippen LogP contribution in [0.3, 0.4) is 0 Å². The number of ether oxygens (including phenoxy) is 3. The van der Waals surface area contributed by atoms with Crippen molar-refractivity contribution in [2.75, 3.05) is 19.8 Å². The van der Waals surface area contributed by atoms with Crippen LogP contribution in [-0.2, 0) is 27.4 Å². The van der Waals surface area contributed by atoms with Gasteiger partial charge in [0.1, 0.15) is 23.9 Å². The summed E-state index contributed by atoms with van der Waals surface area (Å²) in [6.07, 6.45) is 4.14. The zero-order valence-electron chi connectivity index (χ0n) is 21.7. The Morgan fingerprint density at radius 1 is 1.24 bits per heavy atom. The van der Waals surface area contributed by atoms with E-state index in [4.69, 9.17) is 25.8 Å². The van der Waals surface area contributed by atoms with Crippen LogP contribution in [0.5, 0.6) is 11.5 Å². The first-order valence-corrected chi connectivity index (χ1v) is 16.5. The third-order valence-electron chi connectivity index (χ3n) is 6.48. The van der Waals surface area contributed by atoms with Gasteiger partial charge < -0.3 is 18.8 Å². The quantitative estimate of drug-likeness (QED) is 0.179. The fourth-order valence-electron chi connectivity index (χ4n) is 4.14. The number of benzene rings is 1. The number of carbonyl (C=O) groups excluding carboxylic acids is 1. The number of carbonyl (C=O) groups is 1. The van der Waals surface area contributed by atoms with Crippen molar-refractivity contribution in [2.45, 2.75) is 58.6 Å². The maximum absolute atomic E-state index is 14.9. The number of pyridine rings is 1. The molecule has 0 unspecified atom stereocenters. The fourth-order valence-corrected chi connectivity index (χ4v) is 5.19. The van der Waals surface area contributed by atoms with Crippen molar-refractivity contribution in [3.8, 4) is 11.5 Å². The van der Waals surface area contributed by atoms with E-state index in [0.717, 1.165) is 18.2 Å². The second-order valence-electron chi connectivity index (χ2n) is 11.3. The molecule has 0 aliphatic carbocycles. The van der Waals surface area contributed by atoms with Crippen molar-refractivity contribution >= 4 is 36.5 Å². The Kier molecular flexibility index (Phi) is 8.37. The summed E-state index contributed by atoms with van der Waals surface area (Å²) in [5.74, 6) is -2.24. The number of ketones is 1. The number of fused-ring (bicyclic) bond motifs is 1. The SMILES string of the molecule is CC1(CCC(=O)Cc2cc(F)c(Oc3ccnc4c3c(Cl)cn4COCC[Si](C)(C)C)c(F)c2)COC1. The fraction of sp³-hybridized carbons (Fsp3) is 0.481. The lowest BCUT2D eigenvalue weighted by atomic mass is 9.82. The molecule has 0 spiro atoms. The molecule has 1 aliphatic heterocycles. The van der Waals surface area contributed by atoms with Crippen molar-refractivity contribution in [3.63, 3.8) is 0 Å². The van der Waals surface area contributed by atoms with E-state index < -0.39 is 25.5 Å². The number of rotatable bonds is 12. The Labute approximate surface area is 221 Å². The lowest BCUT2D eigenvalue weighted by Gasteiger charge is -2.37. The molecule has 3 aromatic rings. The van der Waals surface area contributed by atoms with Crippen LogP contribution in [0.4, 0.5) is 8.78 Å². The predicted molar refractivity (Wildman–Crippen MR) is 142 cm³/mol. The van der Waals surface area contributed by atoms with Gasteiger partial charge in [0.15, 0.2) is 17.4 Å². The predicted octanol–water partition coefficient (Wildman–Crippen LogP) is 7.00. The highest BCUT2D eigenvalue weighted by Gasteiger charge is 2.33. The van der Waals surface area contributed by atoms with Gasteiger partial charge in [-0.2, -0.15) is 0 Å². The normalized spacial score (nSPS) is 15.1. The average Bonchev–Trinajstić information content (AvgIpc) is 3.12. The van der Waals surface area contributed by atoms with Gasteiger partial charge in [-0.15, -0.1) is 0 Å². The Balaban J connectivity index is 1.46. The minimum atomic E-state index is -1.22. The van der Waals surface area contributed by atoms with Crippen molar-refractivity contribution in [2.24, 2.45) is 5.41 Å². The topological polar surface area (TPSA) is 62.6 Å². The highest BCUT2D eigenvalue weighted by Crippen LogP contribution is 2.37. The lowest BCUT2D eigenvalue weighted by Crippen LogP contribution is -2.40. The number of halogens is 3. The van der Waals surface area contributed by atoms with E-state index in [1.165, 1.54) is 12.3 Å². The third-order valence-corrected chi connectivity index (χ3v) is 8.47. The molecule has 3 heterocycles. The molecule has 0 N–H and O–H groups in total. The van der Waals surface area contributed by atoms with Gasteiger partial charge in [-0.05, 0) is 36.2 Å². The van der Waals surface area contributed by atoms with E-state index >= 15 is 0 Å². The molecular weight excluding hydrogens is 518 g/mol. The van der Waals surface area contributed by atoms with Crippen LogP contribution in [0.25, 0.3) is 11.0 Å². The molecule has 4 rings (SSSR count). The van der Waals surface area contributed by atoms with E-state index in [-0.39, 0.29) is 35.7 Å². The molecule has 1 aliphatic rings. The number of hydrogen-bond acceptors (Lipinski definition) is 5. The molecule has 0 bridgehead atoms. The van der Waals surface area contributed by atoms with Gasteiger partial charge in [-0.25, -0.2) is 13.8 Å². The first kappa shape index (κ1) is 27.7. The molecule has 0 atom stereocenters. The highest BCUT2D eigenvalue weighted by atomic mass is 35.5. The second kappa shape index (κ2) is 11.2. The molecule has 2 aromatic heterocycles. The smallest absolute Gasteiger partial charge is 0.198 e. The summed E-state index contributed by atoms with van der Waals surface area (Å²) in [4.78, 5) is 16.7. The van der Waals surface area contributed by atoms with Gasteiger partial charge in [0.2, 0.25) is 0 Å². The summed E-state index contributed by atoms with van der Waals surface area (Å²) in [6, 6.07) is 4.81. The van der Waals surface area contributed by atoms with Crippen LogP contribution < -0.4 is 4.74 Å². The first-order valence-electron chi connectivity index (χ1n) is 12.4. The van der Waals surface area contributed by atoms with Gasteiger partial charge in [0, 0.05) is 45.3 Å². The van der Waals surface area contributed by atoms with Crippen LogP contribution in [0.2, 0.25) is 30.7 Å². The molecule has 1 aromatic carbocycles. The Morgan fingerprint density at radius 2 is 1.95 bits per heavy atom. The molecule has 37 heavy (non-hydrogen) atoms. The van der Waals surface area contributed by atoms with E-state index in [1.807, 2.05) is 0 Å². The van der Waals surface area contributed by atoms with Crippen LogP contribution >= 0.6 is 11.6 Å². The second-order valence-corrected chi connectivity index (χ2v) is 17.3. The molecule has 200 valence electrons. The number of Topliss-reactive ketones (excluding diaryl/α,β-unsaturated/α-hetero) is 1. The maximum atomic E-state index is 14.9. The van der Waals surface area contributed by atoms with Crippen LogP contribution in [-0.4, -0.2) is 43.2 Å². The van der Waals surface area contributed by atoms with Gasteiger partial charge in [-0.1, -0.05) is 38.2 Å². The molecule has 0 radical (unpaired) electrons. The number of hydrogen-bond donors (Lipinski definition) is 0. The molecule has 0 amide bonds. The van der Waals surface area contributed by atoms with Gasteiger partial charge in [-0.3, -0.25) is 4.79 Å². The van der Waals surface area contributed by atoms with E-state index in [0.29, 0.717) is 48.7 Å². The first-order chi connectivity index (χ1) is 17.4. The summed E-state index contributed by atoms with van der Waals surface area (Å²) < 4.78 is 48.3. The van der Waals surface area contributed by atoms with Crippen LogP contribution in [0, 0.1) is 17.0 Å². The molecule has 1 fully saturated rings. The van der Waals surface area contributed by atoms with Gasteiger partial charge >= 0.3 is 0 Å². The largest absolute Gasteiger partial charge is 0.450 e. The summed E-state index contributed by atoms with van der Waals surface area (Å²) in [6.45, 7) is 11.0. The summed E-state index contributed by atoms with van der Waals surface area (Å²) in [5, 5.41) is 0.768. The summed E-state index contributed by atoms with van der Waals surface area (Å²) in [5.41, 5.74) is 0.769. The van der Waals surface area contributed by atoms with E-state index in [2.05, 4.69) is 31.5 Å². The zero-order chi connectivity index (χ0) is 26.8. The zero-order valence-corrected chi connectivity index (χ0v) is 23.5. The maximum Gasteiger partial charge on any atom is 0.198 e. The number of aromatic nitrogens is 2. The minimum Gasteiger partial charge on any atom is -0.450 e. The van der Waals surface area contributed by atoms with Gasteiger partial charge in [0.25, 0.3) is 0 Å². The van der Waals surface area contributed by atoms with Crippen molar-refractivity contribution < 1.29 is 27.8 Å². The monoisotopic (exact) mass is 550 g/mol. The standard InChI is InChI=1S/C27H33ClF2N2O4Si/c1-27(15-35-16-27)7-5-19(33)11-18-12-21(29)25(22(30)13-18)36-23-6-8-31-26-24(23)20(28)14-32(26)17-34-9-10-37(2,3)4/h6,8,12-14H,5,7,9-11,15-17H2,1-4H3. The van der Waals surface area contributed by atoms with Crippen molar-refractivity contribution in [3.05, 3.63) is 52.8 Å². The Hall–Kier alpha value is -2.33. The molecular formula is C27H33ClF2N2O4Si. The minimum absolute atomic E-state index is 0.0139. The Bertz CT molecular complexity index is 1260. The molecule has 10 heteroatoms. The number of nitrogens with zero attached hydrogens (tertiary/aromatic N) is 2.